The molecule has 0 bridgehead atoms. The van der Waals surface area contributed by atoms with Gasteiger partial charge in [0.15, 0.2) is 5.96 Å². The number of benzene rings is 1. The van der Waals surface area contributed by atoms with E-state index < -0.39 is 10.0 Å². The summed E-state index contributed by atoms with van der Waals surface area (Å²) in [7, 11) is -0.129. The number of rotatable bonds is 7. The van der Waals surface area contributed by atoms with Gasteiger partial charge in [-0.2, -0.15) is 0 Å². The monoisotopic (exact) mass is 409 g/mol. The van der Waals surface area contributed by atoms with Crippen LogP contribution in [0.1, 0.15) is 24.8 Å². The van der Waals surface area contributed by atoms with Crippen molar-refractivity contribution in [3.05, 3.63) is 29.8 Å². The summed E-state index contributed by atoms with van der Waals surface area (Å²) in [5, 5.41) is 5.88. The number of hydrogen-bond donors (Lipinski definition) is 3. The Balaban J connectivity index is 1.76. The molecule has 8 nitrogen and oxygen atoms in total. The zero-order chi connectivity index (χ0) is 20.6. The van der Waals surface area contributed by atoms with Crippen molar-refractivity contribution in [2.45, 2.75) is 31.1 Å². The highest BCUT2D eigenvalue weighted by molar-refractivity contribution is 7.89. The van der Waals surface area contributed by atoms with Gasteiger partial charge in [-0.15, -0.1) is 0 Å². The highest BCUT2D eigenvalue weighted by Gasteiger charge is 2.23. The van der Waals surface area contributed by atoms with Crippen molar-refractivity contribution >= 4 is 21.9 Å². The van der Waals surface area contributed by atoms with Crippen LogP contribution in [0.4, 0.5) is 0 Å². The van der Waals surface area contributed by atoms with Crippen LogP contribution in [0.25, 0.3) is 0 Å². The molecule has 1 amide bonds. The summed E-state index contributed by atoms with van der Waals surface area (Å²) in [5.41, 5.74) is 1.02. The number of sulfonamides is 1. The van der Waals surface area contributed by atoms with Crippen molar-refractivity contribution in [3.63, 3.8) is 0 Å². The van der Waals surface area contributed by atoms with Crippen molar-refractivity contribution in [2.24, 2.45) is 10.9 Å². The molecule has 0 radical (unpaired) electrons. The lowest BCUT2D eigenvalue weighted by Gasteiger charge is -2.34. The van der Waals surface area contributed by atoms with Crippen LogP contribution in [0, 0.1) is 12.8 Å². The Morgan fingerprint density at radius 3 is 2.39 bits per heavy atom. The van der Waals surface area contributed by atoms with Crippen LogP contribution in [-0.4, -0.2) is 65.5 Å². The molecular formula is C19H31N5O3S. The van der Waals surface area contributed by atoms with E-state index in [1.54, 1.807) is 38.4 Å². The predicted molar refractivity (Wildman–Crippen MR) is 111 cm³/mol. The predicted octanol–water partition coefficient (Wildman–Crippen LogP) is 0.697. The number of carbonyl (C=O) groups excluding carboxylic acids is 1. The molecule has 0 saturated carbocycles. The van der Waals surface area contributed by atoms with Gasteiger partial charge >= 0.3 is 0 Å². The smallest absolute Gasteiger partial charge is 0.240 e. The van der Waals surface area contributed by atoms with Gasteiger partial charge in [-0.3, -0.25) is 9.79 Å². The summed E-state index contributed by atoms with van der Waals surface area (Å²) in [6, 6.07) is 6.77. The first-order valence-corrected chi connectivity index (χ1v) is 11.1. The lowest BCUT2D eigenvalue weighted by molar-refractivity contribution is -0.121. The molecule has 1 heterocycles. The van der Waals surface area contributed by atoms with Gasteiger partial charge in [0.1, 0.15) is 0 Å². The molecule has 0 aliphatic carbocycles. The fourth-order valence-electron chi connectivity index (χ4n) is 3.21. The van der Waals surface area contributed by atoms with Crippen molar-refractivity contribution in [1.82, 2.24) is 20.3 Å². The molecule has 0 atom stereocenters. The standard InChI is InChI=1S/C19H31N5O3S/c1-15-4-6-17(7-5-15)28(26,27)23-11-10-22-19(21-3)24-12-8-16(9-13-24)14-18(25)20-2/h4-7,16,23H,8-14H2,1-3H3,(H,20,25)(H,21,22). The third kappa shape index (κ3) is 6.49. The second kappa shape index (κ2) is 10.4. The van der Waals surface area contributed by atoms with Gasteiger partial charge in [0.05, 0.1) is 4.90 Å². The van der Waals surface area contributed by atoms with Gasteiger partial charge in [-0.05, 0) is 37.8 Å². The summed E-state index contributed by atoms with van der Waals surface area (Å²) in [5.74, 6) is 1.24. The van der Waals surface area contributed by atoms with Gasteiger partial charge in [-0.25, -0.2) is 13.1 Å². The number of hydrogen-bond acceptors (Lipinski definition) is 4. The molecule has 1 aliphatic heterocycles. The molecule has 28 heavy (non-hydrogen) atoms. The quantitative estimate of drug-likeness (QED) is 0.349. The van der Waals surface area contributed by atoms with Crippen molar-refractivity contribution in [2.75, 3.05) is 40.3 Å². The van der Waals surface area contributed by atoms with Crippen molar-refractivity contribution < 1.29 is 13.2 Å². The largest absolute Gasteiger partial charge is 0.359 e. The third-order valence-corrected chi connectivity index (χ3v) is 6.39. The topological polar surface area (TPSA) is 103 Å². The van der Waals surface area contributed by atoms with E-state index in [0.717, 1.165) is 37.5 Å². The van der Waals surface area contributed by atoms with E-state index in [-0.39, 0.29) is 17.3 Å². The van der Waals surface area contributed by atoms with E-state index in [2.05, 4.69) is 25.2 Å². The number of aliphatic imine (C=N–C) groups is 1. The summed E-state index contributed by atoms with van der Waals surface area (Å²) in [6.07, 6.45) is 2.44. The number of piperidine rings is 1. The van der Waals surface area contributed by atoms with E-state index >= 15 is 0 Å². The fourth-order valence-corrected chi connectivity index (χ4v) is 4.24. The maximum atomic E-state index is 12.3. The van der Waals surface area contributed by atoms with Crippen LogP contribution in [0.3, 0.4) is 0 Å². The number of nitrogens with one attached hydrogen (secondary N) is 3. The lowest BCUT2D eigenvalue weighted by atomic mass is 9.93. The van der Waals surface area contributed by atoms with E-state index in [1.807, 2.05) is 6.92 Å². The number of guanidine groups is 1. The van der Waals surface area contributed by atoms with Crippen molar-refractivity contribution in [3.8, 4) is 0 Å². The molecule has 1 aliphatic rings. The minimum atomic E-state index is -3.51. The van der Waals surface area contributed by atoms with Crippen molar-refractivity contribution in [1.29, 1.82) is 0 Å². The van der Waals surface area contributed by atoms with Crippen LogP contribution in [0.15, 0.2) is 34.2 Å². The lowest BCUT2D eigenvalue weighted by Crippen LogP contribution is -2.47. The minimum absolute atomic E-state index is 0.0850. The second-order valence-electron chi connectivity index (χ2n) is 6.99. The Morgan fingerprint density at radius 1 is 1.18 bits per heavy atom. The number of likely N-dealkylation sites (tertiary alicyclic amines) is 1. The maximum absolute atomic E-state index is 12.3. The number of amides is 1. The first-order chi connectivity index (χ1) is 13.4. The number of carbonyl (C=O) groups is 1. The second-order valence-corrected chi connectivity index (χ2v) is 8.76. The van der Waals surface area contributed by atoms with Gasteiger partial charge < -0.3 is 15.5 Å². The van der Waals surface area contributed by atoms with Crippen LogP contribution in [0.5, 0.6) is 0 Å². The van der Waals surface area contributed by atoms with Crippen LogP contribution < -0.4 is 15.4 Å². The minimum Gasteiger partial charge on any atom is -0.359 e. The van der Waals surface area contributed by atoms with E-state index in [9.17, 15) is 13.2 Å². The average molecular weight is 410 g/mol. The molecule has 3 N–H and O–H groups in total. The zero-order valence-electron chi connectivity index (χ0n) is 16.9. The molecule has 0 unspecified atom stereocenters. The number of nitrogens with zero attached hydrogens (tertiary/aromatic N) is 2. The molecule has 1 aromatic rings. The van der Waals surface area contributed by atoms with E-state index in [4.69, 9.17) is 0 Å². The van der Waals surface area contributed by atoms with Gasteiger partial charge in [0.2, 0.25) is 15.9 Å². The molecule has 9 heteroatoms. The Kier molecular flexibility index (Phi) is 8.25. The van der Waals surface area contributed by atoms with Gasteiger partial charge in [-0.1, -0.05) is 17.7 Å². The Morgan fingerprint density at radius 2 is 1.82 bits per heavy atom. The van der Waals surface area contributed by atoms with Gasteiger partial charge in [0.25, 0.3) is 0 Å². The summed E-state index contributed by atoms with van der Waals surface area (Å²) in [4.78, 5) is 18.2. The summed E-state index contributed by atoms with van der Waals surface area (Å²) >= 11 is 0. The molecule has 1 fully saturated rings. The Hall–Kier alpha value is -2.13. The first-order valence-electron chi connectivity index (χ1n) is 9.58. The SMILES string of the molecule is CN=C(NCCNS(=O)(=O)c1ccc(C)cc1)N1CCC(CC(=O)NC)CC1. The molecule has 156 valence electrons. The fraction of sp³-hybridized carbons (Fsp3) is 0.579. The van der Waals surface area contributed by atoms with Crippen LogP contribution >= 0.6 is 0 Å². The van der Waals surface area contributed by atoms with Crippen LogP contribution in [0.2, 0.25) is 0 Å². The van der Waals surface area contributed by atoms with E-state index in [0.29, 0.717) is 18.9 Å². The molecule has 2 rings (SSSR count). The Labute approximate surface area is 167 Å². The van der Waals surface area contributed by atoms with Crippen LogP contribution in [-0.2, 0) is 14.8 Å². The first kappa shape index (κ1) is 22.2. The maximum Gasteiger partial charge on any atom is 0.240 e. The summed E-state index contributed by atoms with van der Waals surface area (Å²) < 4.78 is 27.2. The Bertz CT molecular complexity index is 769. The highest BCUT2D eigenvalue weighted by atomic mass is 32.2. The van der Waals surface area contributed by atoms with Gasteiger partial charge in [0, 0.05) is 46.7 Å². The average Bonchev–Trinajstić information content (AvgIpc) is 2.69. The molecular weight excluding hydrogens is 378 g/mol. The molecule has 1 saturated heterocycles. The number of aryl methyl sites for hydroxylation is 1. The normalized spacial score (nSPS) is 16.1. The van der Waals surface area contributed by atoms with E-state index in [1.165, 1.54) is 0 Å². The highest BCUT2D eigenvalue weighted by Crippen LogP contribution is 2.20. The zero-order valence-corrected chi connectivity index (χ0v) is 17.7. The molecule has 0 aromatic heterocycles. The third-order valence-electron chi connectivity index (χ3n) is 4.91. The summed E-state index contributed by atoms with van der Waals surface area (Å²) in [6.45, 7) is 4.28. The molecule has 0 spiro atoms. The molecule has 1 aromatic carbocycles.